The van der Waals surface area contributed by atoms with Gasteiger partial charge in [0.05, 0.1) is 6.04 Å². The minimum absolute atomic E-state index is 0.0396. The molecule has 0 saturated carbocycles. The maximum atomic E-state index is 12.6. The average molecular weight is 308 g/mol. The van der Waals surface area contributed by atoms with Gasteiger partial charge in [-0.1, -0.05) is 46.6 Å². The highest BCUT2D eigenvalue weighted by molar-refractivity contribution is 7.10. The summed E-state index contributed by atoms with van der Waals surface area (Å²) in [7, 11) is 0. The smallest absolute Gasteiger partial charge is 0.241 e. The molecule has 2 unspecified atom stereocenters. The topological polar surface area (TPSA) is 32.3 Å². The molecular formula is C17H28N2OS. The molecule has 1 aromatic heterocycles. The minimum atomic E-state index is -0.0396. The molecular weight excluding hydrogens is 280 g/mol. The van der Waals surface area contributed by atoms with Gasteiger partial charge in [-0.25, -0.2) is 0 Å². The molecule has 1 aliphatic heterocycles. The standard InChI is InChI=1S/C17H28N2OS/c1-12(2)8-5-6-10-19-16(14-9-7-11-21-14)18-15(13(3)4)17(19)20/h7,9,11-13,15-16,18H,5-6,8,10H2,1-4H3. The summed E-state index contributed by atoms with van der Waals surface area (Å²) in [6.07, 6.45) is 3.61. The second-order valence-corrected chi connectivity index (χ2v) is 7.71. The molecule has 1 fully saturated rings. The fourth-order valence-corrected chi connectivity index (χ4v) is 3.67. The van der Waals surface area contributed by atoms with Gasteiger partial charge < -0.3 is 4.90 Å². The van der Waals surface area contributed by atoms with Gasteiger partial charge >= 0.3 is 0 Å². The van der Waals surface area contributed by atoms with E-state index in [1.54, 1.807) is 11.3 Å². The Hall–Kier alpha value is -0.870. The minimum Gasteiger partial charge on any atom is -0.321 e. The Morgan fingerprint density at radius 2 is 2.05 bits per heavy atom. The number of nitrogens with one attached hydrogen (secondary N) is 1. The number of rotatable bonds is 7. The molecule has 0 spiro atoms. The maximum Gasteiger partial charge on any atom is 0.241 e. The Morgan fingerprint density at radius 3 is 2.62 bits per heavy atom. The van der Waals surface area contributed by atoms with E-state index in [2.05, 4.69) is 55.4 Å². The van der Waals surface area contributed by atoms with Gasteiger partial charge in [0.1, 0.15) is 6.17 Å². The van der Waals surface area contributed by atoms with Gasteiger partial charge in [-0.05, 0) is 29.7 Å². The molecule has 1 aliphatic rings. The summed E-state index contributed by atoms with van der Waals surface area (Å²) in [4.78, 5) is 15.9. The number of unbranched alkanes of at least 4 members (excludes halogenated alkanes) is 1. The molecule has 2 atom stereocenters. The van der Waals surface area contributed by atoms with Crippen LogP contribution in [0.15, 0.2) is 17.5 Å². The van der Waals surface area contributed by atoms with Crippen LogP contribution in [-0.4, -0.2) is 23.4 Å². The SMILES string of the molecule is CC(C)CCCCN1C(=O)C(C(C)C)NC1c1cccs1. The molecule has 1 amide bonds. The van der Waals surface area contributed by atoms with Crippen molar-refractivity contribution in [1.29, 1.82) is 0 Å². The Morgan fingerprint density at radius 1 is 1.29 bits per heavy atom. The molecule has 0 aromatic carbocycles. The Balaban J connectivity index is 2.01. The van der Waals surface area contributed by atoms with E-state index in [4.69, 9.17) is 0 Å². The lowest BCUT2D eigenvalue weighted by atomic mass is 10.0. The molecule has 2 rings (SSSR count). The van der Waals surface area contributed by atoms with E-state index in [-0.39, 0.29) is 18.1 Å². The molecule has 1 saturated heterocycles. The first-order valence-corrected chi connectivity index (χ1v) is 8.98. The van der Waals surface area contributed by atoms with Crippen LogP contribution in [0.4, 0.5) is 0 Å². The molecule has 4 heteroatoms. The zero-order chi connectivity index (χ0) is 15.4. The number of amides is 1. The summed E-state index contributed by atoms with van der Waals surface area (Å²) in [5.41, 5.74) is 0. The zero-order valence-corrected chi connectivity index (χ0v) is 14.5. The summed E-state index contributed by atoms with van der Waals surface area (Å²) in [6.45, 7) is 9.61. The van der Waals surface area contributed by atoms with E-state index in [1.807, 2.05) is 0 Å². The first-order chi connectivity index (χ1) is 10.0. The number of carbonyl (C=O) groups is 1. The third-order valence-electron chi connectivity index (χ3n) is 4.11. The van der Waals surface area contributed by atoms with Crippen LogP contribution in [0.2, 0.25) is 0 Å². The van der Waals surface area contributed by atoms with Gasteiger partial charge in [0.2, 0.25) is 5.91 Å². The van der Waals surface area contributed by atoms with Crippen molar-refractivity contribution >= 4 is 17.2 Å². The van der Waals surface area contributed by atoms with E-state index >= 15 is 0 Å². The van der Waals surface area contributed by atoms with Crippen molar-refractivity contribution in [2.75, 3.05) is 6.54 Å². The van der Waals surface area contributed by atoms with E-state index < -0.39 is 0 Å². The lowest BCUT2D eigenvalue weighted by Gasteiger charge is -2.23. The monoisotopic (exact) mass is 308 g/mol. The third-order valence-corrected chi connectivity index (χ3v) is 5.03. The molecule has 2 heterocycles. The van der Waals surface area contributed by atoms with Gasteiger partial charge in [-0.3, -0.25) is 10.1 Å². The van der Waals surface area contributed by atoms with Crippen molar-refractivity contribution in [2.45, 2.75) is 59.2 Å². The largest absolute Gasteiger partial charge is 0.321 e. The molecule has 1 N–H and O–H groups in total. The number of nitrogens with zero attached hydrogens (tertiary/aromatic N) is 1. The van der Waals surface area contributed by atoms with Crippen LogP contribution in [0.25, 0.3) is 0 Å². The number of thiophene rings is 1. The van der Waals surface area contributed by atoms with Crippen molar-refractivity contribution in [3.63, 3.8) is 0 Å². The average Bonchev–Trinajstić information content (AvgIpc) is 3.02. The molecule has 3 nitrogen and oxygen atoms in total. The summed E-state index contributed by atoms with van der Waals surface area (Å²) in [6, 6.07) is 4.15. The Kier molecular flexibility index (Phi) is 5.82. The van der Waals surface area contributed by atoms with Gasteiger partial charge in [0.25, 0.3) is 0 Å². The number of carbonyl (C=O) groups excluding carboxylic acids is 1. The fourth-order valence-electron chi connectivity index (χ4n) is 2.87. The quantitative estimate of drug-likeness (QED) is 0.771. The van der Waals surface area contributed by atoms with Gasteiger partial charge in [0, 0.05) is 11.4 Å². The molecule has 0 bridgehead atoms. The van der Waals surface area contributed by atoms with Crippen LogP contribution >= 0.6 is 11.3 Å². The van der Waals surface area contributed by atoms with Crippen molar-refractivity contribution in [2.24, 2.45) is 11.8 Å². The number of hydrogen-bond donors (Lipinski definition) is 1. The highest BCUT2D eigenvalue weighted by atomic mass is 32.1. The van der Waals surface area contributed by atoms with E-state index in [0.717, 1.165) is 18.9 Å². The summed E-state index contributed by atoms with van der Waals surface area (Å²) >= 11 is 1.73. The fraction of sp³-hybridized carbons (Fsp3) is 0.706. The lowest BCUT2D eigenvalue weighted by molar-refractivity contribution is -0.130. The van der Waals surface area contributed by atoms with Crippen LogP contribution in [0.1, 0.15) is 58.0 Å². The van der Waals surface area contributed by atoms with Crippen molar-refractivity contribution in [3.8, 4) is 0 Å². The zero-order valence-electron chi connectivity index (χ0n) is 13.6. The van der Waals surface area contributed by atoms with Crippen molar-refractivity contribution in [1.82, 2.24) is 10.2 Å². The van der Waals surface area contributed by atoms with Crippen LogP contribution in [0.5, 0.6) is 0 Å². The van der Waals surface area contributed by atoms with Crippen LogP contribution in [-0.2, 0) is 4.79 Å². The highest BCUT2D eigenvalue weighted by Gasteiger charge is 2.40. The second-order valence-electron chi connectivity index (χ2n) is 6.73. The maximum absolute atomic E-state index is 12.6. The lowest BCUT2D eigenvalue weighted by Crippen LogP contribution is -2.35. The first-order valence-electron chi connectivity index (χ1n) is 8.10. The Labute approximate surface area is 132 Å². The summed E-state index contributed by atoms with van der Waals surface area (Å²) in [5, 5.41) is 5.61. The Bertz CT molecular complexity index is 442. The summed E-state index contributed by atoms with van der Waals surface area (Å²) in [5.74, 6) is 1.35. The molecule has 1 aromatic rings. The first kappa shape index (κ1) is 16.5. The summed E-state index contributed by atoms with van der Waals surface area (Å²) < 4.78 is 0. The van der Waals surface area contributed by atoms with Gasteiger partial charge in [-0.2, -0.15) is 0 Å². The third kappa shape index (κ3) is 4.07. The van der Waals surface area contributed by atoms with Crippen LogP contribution in [0, 0.1) is 11.8 Å². The van der Waals surface area contributed by atoms with E-state index in [9.17, 15) is 4.79 Å². The van der Waals surface area contributed by atoms with Crippen molar-refractivity contribution in [3.05, 3.63) is 22.4 Å². The molecule has 0 radical (unpaired) electrons. The number of hydrogen-bond acceptors (Lipinski definition) is 3. The molecule has 118 valence electrons. The predicted molar refractivity (Wildman–Crippen MR) is 89.2 cm³/mol. The van der Waals surface area contributed by atoms with Crippen LogP contribution < -0.4 is 5.32 Å². The van der Waals surface area contributed by atoms with E-state index in [1.165, 1.54) is 17.7 Å². The van der Waals surface area contributed by atoms with E-state index in [0.29, 0.717) is 5.92 Å². The second kappa shape index (κ2) is 7.41. The predicted octanol–water partition coefficient (Wildman–Crippen LogP) is 4.03. The van der Waals surface area contributed by atoms with Crippen LogP contribution in [0.3, 0.4) is 0 Å². The van der Waals surface area contributed by atoms with Gasteiger partial charge in [0.15, 0.2) is 0 Å². The molecule has 0 aliphatic carbocycles. The normalized spacial score (nSPS) is 22.8. The van der Waals surface area contributed by atoms with Crippen molar-refractivity contribution < 1.29 is 4.79 Å². The van der Waals surface area contributed by atoms with Gasteiger partial charge in [-0.15, -0.1) is 11.3 Å². The molecule has 21 heavy (non-hydrogen) atoms. The highest BCUT2D eigenvalue weighted by Crippen LogP contribution is 2.31.